The van der Waals surface area contributed by atoms with Crippen molar-refractivity contribution >= 4 is 6.09 Å². The molecule has 0 spiro atoms. The second-order valence-corrected chi connectivity index (χ2v) is 5.93. The van der Waals surface area contributed by atoms with E-state index >= 15 is 0 Å². The van der Waals surface area contributed by atoms with E-state index < -0.39 is 5.60 Å². The number of rotatable bonds is 0. The number of ether oxygens (including phenoxy) is 1. The average Bonchev–Trinajstić information content (AvgIpc) is 2.49. The Balaban J connectivity index is 1.99. The molecule has 2 fully saturated rings. The molecular formula is C12H21NO3. The van der Waals surface area contributed by atoms with Gasteiger partial charge in [0.15, 0.2) is 0 Å². The summed E-state index contributed by atoms with van der Waals surface area (Å²) in [4.78, 5) is 13.7. The third-order valence-corrected chi connectivity index (χ3v) is 3.41. The molecule has 1 aliphatic heterocycles. The molecule has 0 aromatic carbocycles. The van der Waals surface area contributed by atoms with Gasteiger partial charge in [-0.15, -0.1) is 0 Å². The van der Waals surface area contributed by atoms with Gasteiger partial charge in [0.05, 0.1) is 6.10 Å². The molecule has 0 unspecified atom stereocenters. The van der Waals surface area contributed by atoms with Gasteiger partial charge >= 0.3 is 6.09 Å². The second-order valence-electron chi connectivity index (χ2n) is 5.93. The van der Waals surface area contributed by atoms with Crippen LogP contribution in [0.2, 0.25) is 0 Å². The predicted octanol–water partition coefficient (Wildman–Crippen LogP) is 1.77. The van der Waals surface area contributed by atoms with Crippen molar-refractivity contribution in [1.82, 2.24) is 4.90 Å². The number of nitrogens with zero attached hydrogens (tertiary/aromatic N) is 1. The summed E-state index contributed by atoms with van der Waals surface area (Å²) < 4.78 is 5.37. The number of carbonyl (C=O) groups is 1. The van der Waals surface area contributed by atoms with Gasteiger partial charge < -0.3 is 14.7 Å². The van der Waals surface area contributed by atoms with Gasteiger partial charge in [-0.25, -0.2) is 4.79 Å². The average molecular weight is 227 g/mol. The normalized spacial score (nSPS) is 34.0. The second kappa shape index (κ2) is 3.91. The highest BCUT2D eigenvalue weighted by atomic mass is 16.6. The van der Waals surface area contributed by atoms with Gasteiger partial charge in [-0.2, -0.15) is 0 Å². The molecule has 16 heavy (non-hydrogen) atoms. The predicted molar refractivity (Wildman–Crippen MR) is 60.1 cm³/mol. The van der Waals surface area contributed by atoms with Crippen molar-refractivity contribution in [2.24, 2.45) is 5.92 Å². The maximum Gasteiger partial charge on any atom is 0.410 e. The topological polar surface area (TPSA) is 49.8 Å². The van der Waals surface area contributed by atoms with Crippen LogP contribution >= 0.6 is 0 Å². The Kier molecular flexibility index (Phi) is 2.86. The lowest BCUT2D eigenvalue weighted by atomic mass is 9.88. The molecule has 0 aromatic rings. The van der Waals surface area contributed by atoms with E-state index in [2.05, 4.69) is 0 Å². The Bertz CT molecular complexity index is 284. The fourth-order valence-electron chi connectivity index (χ4n) is 2.65. The van der Waals surface area contributed by atoms with Crippen LogP contribution in [0.1, 0.15) is 40.0 Å². The Labute approximate surface area is 96.6 Å². The molecule has 4 nitrogen and oxygen atoms in total. The highest BCUT2D eigenvalue weighted by molar-refractivity contribution is 5.69. The largest absolute Gasteiger partial charge is 0.444 e. The van der Waals surface area contributed by atoms with Crippen LogP contribution < -0.4 is 0 Å². The minimum absolute atomic E-state index is 0.228. The number of carbonyl (C=O) groups excluding carboxylic acids is 1. The van der Waals surface area contributed by atoms with Crippen LogP contribution in [-0.2, 0) is 4.74 Å². The highest BCUT2D eigenvalue weighted by Gasteiger charge is 2.43. The first kappa shape index (κ1) is 11.7. The molecule has 1 aliphatic carbocycles. The molecular weight excluding hydrogens is 206 g/mol. The van der Waals surface area contributed by atoms with E-state index in [4.69, 9.17) is 4.74 Å². The Morgan fingerprint density at radius 2 is 2.06 bits per heavy atom. The number of aliphatic hydroxyl groups is 1. The summed E-state index contributed by atoms with van der Waals surface area (Å²) in [7, 11) is 0. The summed E-state index contributed by atoms with van der Waals surface area (Å²) in [6.07, 6.45) is 2.18. The van der Waals surface area contributed by atoms with E-state index in [9.17, 15) is 9.90 Å². The van der Waals surface area contributed by atoms with E-state index in [1.165, 1.54) is 0 Å². The van der Waals surface area contributed by atoms with Gasteiger partial charge in [-0.05, 0) is 40.0 Å². The number of amides is 1. The number of likely N-dealkylation sites (tertiary alicyclic amines) is 1. The van der Waals surface area contributed by atoms with E-state index in [1.807, 2.05) is 20.8 Å². The van der Waals surface area contributed by atoms with Crippen LogP contribution in [0.25, 0.3) is 0 Å². The van der Waals surface area contributed by atoms with Gasteiger partial charge in [0.2, 0.25) is 0 Å². The van der Waals surface area contributed by atoms with Gasteiger partial charge in [0.1, 0.15) is 5.60 Å². The van der Waals surface area contributed by atoms with Crippen molar-refractivity contribution in [3.05, 3.63) is 0 Å². The number of aliphatic hydroxyl groups excluding tert-OH is 1. The monoisotopic (exact) mass is 227 g/mol. The zero-order valence-corrected chi connectivity index (χ0v) is 10.3. The van der Waals surface area contributed by atoms with Crippen LogP contribution in [0, 0.1) is 5.92 Å². The summed E-state index contributed by atoms with van der Waals surface area (Å²) in [5.74, 6) is 0.256. The third kappa shape index (κ3) is 2.32. The number of hydrogen-bond donors (Lipinski definition) is 1. The molecule has 1 N–H and O–H groups in total. The van der Waals surface area contributed by atoms with Crippen LogP contribution in [0.15, 0.2) is 0 Å². The Hall–Kier alpha value is -0.770. The van der Waals surface area contributed by atoms with Crippen LogP contribution in [0.5, 0.6) is 0 Å². The molecule has 3 atom stereocenters. The van der Waals surface area contributed by atoms with E-state index in [1.54, 1.807) is 4.90 Å². The fourth-order valence-corrected chi connectivity index (χ4v) is 2.65. The van der Waals surface area contributed by atoms with E-state index in [0.29, 0.717) is 6.54 Å². The maximum atomic E-state index is 11.9. The summed E-state index contributed by atoms with van der Waals surface area (Å²) >= 11 is 0. The highest BCUT2D eigenvalue weighted by Crippen LogP contribution is 2.36. The molecule has 1 amide bonds. The molecule has 0 radical (unpaired) electrons. The van der Waals surface area contributed by atoms with Gasteiger partial charge in [0, 0.05) is 18.5 Å². The van der Waals surface area contributed by atoms with E-state index in [-0.39, 0.29) is 24.2 Å². The van der Waals surface area contributed by atoms with Crippen molar-refractivity contribution in [3.8, 4) is 0 Å². The molecule has 1 saturated heterocycles. The van der Waals surface area contributed by atoms with Gasteiger partial charge in [-0.3, -0.25) is 0 Å². The zero-order chi connectivity index (χ0) is 11.9. The van der Waals surface area contributed by atoms with E-state index in [0.717, 1.165) is 19.3 Å². The van der Waals surface area contributed by atoms with Crippen molar-refractivity contribution in [1.29, 1.82) is 0 Å². The Morgan fingerprint density at radius 3 is 2.62 bits per heavy atom. The third-order valence-electron chi connectivity index (χ3n) is 3.41. The summed E-state index contributed by atoms with van der Waals surface area (Å²) in [5, 5.41) is 9.75. The zero-order valence-electron chi connectivity index (χ0n) is 10.3. The molecule has 0 aromatic heterocycles. The van der Waals surface area contributed by atoms with Gasteiger partial charge in [-0.1, -0.05) is 0 Å². The minimum atomic E-state index is -0.438. The minimum Gasteiger partial charge on any atom is -0.444 e. The lowest BCUT2D eigenvalue weighted by Gasteiger charge is -2.28. The molecule has 1 saturated carbocycles. The van der Waals surface area contributed by atoms with Crippen LogP contribution in [0.3, 0.4) is 0 Å². The van der Waals surface area contributed by atoms with Gasteiger partial charge in [0.25, 0.3) is 0 Å². The smallest absolute Gasteiger partial charge is 0.410 e. The quantitative estimate of drug-likeness (QED) is 0.686. The number of hydrogen-bond acceptors (Lipinski definition) is 3. The molecule has 2 aliphatic rings. The molecule has 2 bridgehead atoms. The lowest BCUT2D eigenvalue weighted by molar-refractivity contribution is 0.0223. The SMILES string of the molecule is CC(C)(C)OC(=O)N1C[C@@H]2C[C@H]1CC[C@@H]2O. The first-order valence-corrected chi connectivity index (χ1v) is 6.04. The summed E-state index contributed by atoms with van der Waals surface area (Å²) in [6.45, 7) is 6.28. The lowest BCUT2D eigenvalue weighted by Crippen LogP contribution is -2.39. The van der Waals surface area contributed by atoms with Crippen molar-refractivity contribution in [3.63, 3.8) is 0 Å². The summed E-state index contributed by atoms with van der Waals surface area (Å²) in [6, 6.07) is 0.281. The number of fused-ring (bicyclic) bond motifs is 2. The van der Waals surface area contributed by atoms with Crippen molar-refractivity contribution < 1.29 is 14.6 Å². The first-order valence-electron chi connectivity index (χ1n) is 6.04. The molecule has 92 valence electrons. The molecule has 1 heterocycles. The molecule has 2 rings (SSSR count). The fraction of sp³-hybridized carbons (Fsp3) is 0.917. The summed E-state index contributed by atoms with van der Waals surface area (Å²) in [5.41, 5.74) is -0.438. The standard InChI is InChI=1S/C12H21NO3/c1-12(2,3)16-11(15)13-7-8-6-9(13)4-5-10(8)14/h8-10,14H,4-7H2,1-3H3/t8-,9+,10-/m0/s1. The Morgan fingerprint density at radius 1 is 1.38 bits per heavy atom. The first-order chi connectivity index (χ1) is 7.37. The molecule has 4 heteroatoms. The maximum absolute atomic E-state index is 11.9. The van der Waals surface area contributed by atoms with Crippen molar-refractivity contribution in [2.45, 2.75) is 57.8 Å². The van der Waals surface area contributed by atoms with Crippen molar-refractivity contribution in [2.75, 3.05) is 6.54 Å². The van der Waals surface area contributed by atoms with Crippen LogP contribution in [-0.4, -0.2) is 40.4 Å². The van der Waals surface area contributed by atoms with Crippen LogP contribution in [0.4, 0.5) is 4.79 Å².